The van der Waals surface area contributed by atoms with E-state index in [0.29, 0.717) is 28.1 Å². The predicted octanol–water partition coefficient (Wildman–Crippen LogP) is 5.75. The fourth-order valence-electron chi connectivity index (χ4n) is 4.41. The summed E-state index contributed by atoms with van der Waals surface area (Å²) in [4.78, 5) is 28.8. The molecule has 0 saturated heterocycles. The van der Waals surface area contributed by atoms with Gasteiger partial charge < -0.3 is 8.94 Å². The van der Waals surface area contributed by atoms with Gasteiger partial charge in [-0.3, -0.25) is 14.5 Å². The lowest BCUT2D eigenvalue weighted by molar-refractivity contribution is 0.0969. The number of amides is 1. The Morgan fingerprint density at radius 2 is 1.61 bits per heavy atom. The summed E-state index contributed by atoms with van der Waals surface area (Å²) in [5.74, 6) is 0.581. The third-order valence-electron chi connectivity index (χ3n) is 6.44. The molecule has 1 atom stereocenters. The van der Waals surface area contributed by atoms with Gasteiger partial charge in [0, 0.05) is 6.07 Å². The van der Waals surface area contributed by atoms with E-state index < -0.39 is 11.9 Å². The van der Waals surface area contributed by atoms with Crippen molar-refractivity contribution in [3.63, 3.8) is 0 Å². The molecule has 0 saturated carbocycles. The summed E-state index contributed by atoms with van der Waals surface area (Å²) in [7, 11) is 0. The smallest absolute Gasteiger partial charge is 0.296 e. The third-order valence-corrected chi connectivity index (χ3v) is 6.44. The van der Waals surface area contributed by atoms with Crippen LogP contribution in [0.5, 0.6) is 0 Å². The Bertz CT molecular complexity index is 1470. The predicted molar refractivity (Wildman–Crippen MR) is 127 cm³/mol. The van der Waals surface area contributed by atoms with Gasteiger partial charge in [-0.1, -0.05) is 50.2 Å². The number of hydrogen-bond donors (Lipinski definition) is 0. The zero-order valence-corrected chi connectivity index (χ0v) is 19.6. The highest BCUT2D eigenvalue weighted by molar-refractivity contribution is 6.10. The minimum absolute atomic E-state index is 0.0184. The van der Waals surface area contributed by atoms with Crippen LogP contribution < -0.4 is 10.3 Å². The molecular formula is C27H26N2O4. The van der Waals surface area contributed by atoms with E-state index in [2.05, 4.69) is 25.9 Å². The first-order valence-electron chi connectivity index (χ1n) is 11.0. The lowest BCUT2D eigenvalue weighted by Crippen LogP contribution is -2.29. The Hall–Kier alpha value is -3.67. The average Bonchev–Trinajstić information content (AvgIpc) is 3.30. The first-order chi connectivity index (χ1) is 15.6. The monoisotopic (exact) mass is 442 g/mol. The van der Waals surface area contributed by atoms with Crippen molar-refractivity contribution in [3.8, 4) is 0 Å². The van der Waals surface area contributed by atoms with E-state index in [4.69, 9.17) is 8.94 Å². The lowest BCUT2D eigenvalue weighted by Gasteiger charge is -2.24. The van der Waals surface area contributed by atoms with E-state index in [1.807, 2.05) is 50.2 Å². The van der Waals surface area contributed by atoms with Gasteiger partial charge >= 0.3 is 0 Å². The van der Waals surface area contributed by atoms with Crippen molar-refractivity contribution in [2.75, 3.05) is 4.90 Å². The number of anilines is 1. The fraction of sp³-hybridized carbons (Fsp3) is 0.296. The molecule has 6 nitrogen and oxygen atoms in total. The topological polar surface area (TPSA) is 76.6 Å². The summed E-state index contributed by atoms with van der Waals surface area (Å²) in [6.45, 7) is 12.1. The molecule has 2 aromatic heterocycles. The maximum absolute atomic E-state index is 13.7. The fourth-order valence-corrected chi connectivity index (χ4v) is 4.41. The molecule has 6 heteroatoms. The Kier molecular flexibility index (Phi) is 4.60. The van der Waals surface area contributed by atoms with Crippen LogP contribution in [0.15, 0.2) is 56.2 Å². The summed E-state index contributed by atoms with van der Waals surface area (Å²) >= 11 is 0. The number of aryl methyl sites for hydroxylation is 3. The number of rotatable bonds is 2. The highest BCUT2D eigenvalue weighted by atomic mass is 16.5. The molecule has 0 aliphatic carbocycles. The number of hydrogen-bond acceptors (Lipinski definition) is 5. The normalized spacial score (nSPS) is 16.0. The maximum atomic E-state index is 13.7. The molecule has 33 heavy (non-hydrogen) atoms. The van der Waals surface area contributed by atoms with E-state index in [0.717, 1.165) is 22.3 Å². The molecule has 2 aromatic carbocycles. The van der Waals surface area contributed by atoms with Gasteiger partial charge in [0.15, 0.2) is 11.2 Å². The molecule has 1 aliphatic rings. The third kappa shape index (κ3) is 3.28. The minimum atomic E-state index is -0.659. The van der Waals surface area contributed by atoms with Crippen LogP contribution in [0.4, 0.5) is 5.82 Å². The van der Waals surface area contributed by atoms with Crippen molar-refractivity contribution < 1.29 is 13.7 Å². The molecule has 1 unspecified atom stereocenters. The SMILES string of the molecule is Cc1cc(N2C(=O)c3oc4cc(C)c(C)cc4c(=O)c3C2c2ccc(C(C)(C)C)cc2)no1. The van der Waals surface area contributed by atoms with Crippen molar-refractivity contribution in [1.82, 2.24) is 5.16 Å². The number of benzene rings is 2. The highest BCUT2D eigenvalue weighted by Gasteiger charge is 2.45. The van der Waals surface area contributed by atoms with Gasteiger partial charge in [0.2, 0.25) is 5.76 Å². The molecule has 3 heterocycles. The van der Waals surface area contributed by atoms with Crippen LogP contribution in [-0.2, 0) is 5.41 Å². The molecule has 1 aliphatic heterocycles. The van der Waals surface area contributed by atoms with Crippen LogP contribution in [0, 0.1) is 20.8 Å². The summed E-state index contributed by atoms with van der Waals surface area (Å²) in [6.07, 6.45) is 0. The van der Waals surface area contributed by atoms with Crippen LogP contribution in [0.2, 0.25) is 0 Å². The molecule has 5 rings (SSSR count). The van der Waals surface area contributed by atoms with E-state index in [1.54, 1.807) is 13.0 Å². The maximum Gasteiger partial charge on any atom is 0.296 e. The molecular weight excluding hydrogens is 416 g/mol. The largest absolute Gasteiger partial charge is 0.450 e. The second kappa shape index (κ2) is 7.17. The second-order valence-corrected chi connectivity index (χ2v) is 9.85. The molecule has 0 bridgehead atoms. The van der Waals surface area contributed by atoms with E-state index in [-0.39, 0.29) is 16.6 Å². The Balaban J connectivity index is 1.78. The molecule has 4 aromatic rings. The lowest BCUT2D eigenvalue weighted by atomic mass is 9.86. The molecule has 0 N–H and O–H groups in total. The van der Waals surface area contributed by atoms with Gasteiger partial charge in [-0.15, -0.1) is 0 Å². The first kappa shape index (κ1) is 21.2. The Morgan fingerprint density at radius 1 is 0.939 bits per heavy atom. The highest BCUT2D eigenvalue weighted by Crippen LogP contribution is 2.41. The zero-order valence-electron chi connectivity index (χ0n) is 19.6. The van der Waals surface area contributed by atoms with Gasteiger partial charge in [-0.2, -0.15) is 0 Å². The van der Waals surface area contributed by atoms with E-state index in [9.17, 15) is 9.59 Å². The quantitative estimate of drug-likeness (QED) is 0.395. The summed E-state index contributed by atoms with van der Waals surface area (Å²) in [5, 5.41) is 4.55. The van der Waals surface area contributed by atoms with Gasteiger partial charge in [-0.05, 0) is 60.6 Å². The van der Waals surface area contributed by atoms with Crippen molar-refractivity contribution in [3.05, 3.63) is 92.0 Å². The van der Waals surface area contributed by atoms with Crippen LogP contribution in [0.1, 0.15) is 70.9 Å². The van der Waals surface area contributed by atoms with Crippen LogP contribution >= 0.6 is 0 Å². The summed E-state index contributed by atoms with van der Waals surface area (Å²) < 4.78 is 11.3. The van der Waals surface area contributed by atoms with Gasteiger partial charge in [0.05, 0.1) is 17.0 Å². The van der Waals surface area contributed by atoms with Crippen molar-refractivity contribution in [2.24, 2.45) is 0 Å². The van der Waals surface area contributed by atoms with Crippen molar-refractivity contribution in [2.45, 2.75) is 53.0 Å². The summed E-state index contributed by atoms with van der Waals surface area (Å²) in [6, 6.07) is 12.7. The van der Waals surface area contributed by atoms with Crippen molar-refractivity contribution in [1.29, 1.82) is 0 Å². The summed E-state index contributed by atoms with van der Waals surface area (Å²) in [5.41, 5.74) is 4.49. The van der Waals surface area contributed by atoms with Gasteiger partial charge in [0.25, 0.3) is 5.91 Å². The molecule has 1 amide bonds. The molecule has 0 spiro atoms. The molecule has 0 fully saturated rings. The van der Waals surface area contributed by atoms with Crippen LogP contribution in [0.25, 0.3) is 11.0 Å². The number of fused-ring (bicyclic) bond motifs is 2. The number of carbonyl (C=O) groups is 1. The Morgan fingerprint density at radius 3 is 2.21 bits per heavy atom. The van der Waals surface area contributed by atoms with E-state index in [1.165, 1.54) is 4.90 Å². The number of aromatic nitrogens is 1. The van der Waals surface area contributed by atoms with Crippen molar-refractivity contribution >= 4 is 22.7 Å². The average molecular weight is 443 g/mol. The molecule has 0 radical (unpaired) electrons. The zero-order chi connectivity index (χ0) is 23.7. The number of carbonyl (C=O) groups excluding carboxylic acids is 1. The minimum Gasteiger partial charge on any atom is -0.450 e. The Labute approximate surface area is 191 Å². The first-order valence-corrected chi connectivity index (χ1v) is 11.0. The van der Waals surface area contributed by atoms with E-state index >= 15 is 0 Å². The number of nitrogens with zero attached hydrogens (tertiary/aromatic N) is 2. The molecule has 168 valence electrons. The van der Waals surface area contributed by atoms with Crippen LogP contribution in [-0.4, -0.2) is 11.1 Å². The second-order valence-electron chi connectivity index (χ2n) is 9.85. The van der Waals surface area contributed by atoms with Gasteiger partial charge in [0.1, 0.15) is 11.3 Å². The van der Waals surface area contributed by atoms with Gasteiger partial charge in [-0.25, -0.2) is 0 Å². The van der Waals surface area contributed by atoms with Crippen LogP contribution in [0.3, 0.4) is 0 Å². The standard InChI is InChI=1S/C27H26N2O4/c1-14-11-19-20(12-15(14)2)32-25-22(24(19)30)23(17-7-9-18(10-8-17)27(4,5)6)29(26(25)31)21-13-16(3)33-28-21/h7-13,23H,1-6H3.